The van der Waals surface area contributed by atoms with Crippen molar-refractivity contribution in [1.82, 2.24) is 0 Å². The second-order valence-electron chi connectivity index (χ2n) is 4.68. The first-order valence-electron chi connectivity index (χ1n) is 5.57. The lowest BCUT2D eigenvalue weighted by molar-refractivity contribution is -0.147. The van der Waals surface area contributed by atoms with E-state index in [-0.39, 0.29) is 0 Å². The van der Waals surface area contributed by atoms with Gasteiger partial charge in [-0.15, -0.1) is 0 Å². The van der Waals surface area contributed by atoms with Crippen molar-refractivity contribution < 1.29 is 9.90 Å². The summed E-state index contributed by atoms with van der Waals surface area (Å²) < 4.78 is 1.06. The van der Waals surface area contributed by atoms with Crippen molar-refractivity contribution in [2.45, 2.75) is 26.7 Å². The van der Waals surface area contributed by atoms with E-state index in [4.69, 9.17) is 5.11 Å². The number of carboxylic acids is 1. The molecular formula is C14H17BrO2. The van der Waals surface area contributed by atoms with Gasteiger partial charge >= 0.3 is 5.97 Å². The Labute approximate surface area is 110 Å². The Kier molecular flexibility index (Phi) is 4.94. The molecule has 0 heterocycles. The van der Waals surface area contributed by atoms with E-state index in [1.807, 2.05) is 36.4 Å². The molecule has 0 unspecified atom stereocenters. The smallest absolute Gasteiger partial charge is 0.309 e. The lowest BCUT2D eigenvalue weighted by Gasteiger charge is -2.17. The molecule has 0 spiro atoms. The van der Waals surface area contributed by atoms with Crippen LogP contribution in [0.2, 0.25) is 0 Å². The SMILES string of the molecule is CC(C)(CC/C=C/c1ccc(Br)cc1)C(=O)O. The summed E-state index contributed by atoms with van der Waals surface area (Å²) in [6, 6.07) is 8.01. The Morgan fingerprint density at radius 1 is 1.35 bits per heavy atom. The third kappa shape index (κ3) is 4.73. The van der Waals surface area contributed by atoms with Crippen molar-refractivity contribution in [2.24, 2.45) is 5.41 Å². The highest BCUT2D eigenvalue weighted by atomic mass is 79.9. The minimum Gasteiger partial charge on any atom is -0.481 e. The first-order chi connectivity index (χ1) is 7.92. The molecule has 0 aromatic heterocycles. The van der Waals surface area contributed by atoms with Crippen LogP contribution in [-0.4, -0.2) is 11.1 Å². The molecule has 1 N–H and O–H groups in total. The Balaban J connectivity index is 2.46. The molecule has 2 nitrogen and oxygen atoms in total. The predicted octanol–water partition coefficient (Wildman–Crippen LogP) is 4.35. The lowest BCUT2D eigenvalue weighted by Crippen LogP contribution is -2.22. The molecule has 0 atom stereocenters. The van der Waals surface area contributed by atoms with Gasteiger partial charge in [-0.2, -0.15) is 0 Å². The maximum Gasteiger partial charge on any atom is 0.309 e. The molecule has 1 aromatic rings. The van der Waals surface area contributed by atoms with Gasteiger partial charge in [-0.25, -0.2) is 0 Å². The number of carboxylic acid groups (broad SMARTS) is 1. The van der Waals surface area contributed by atoms with Crippen LogP contribution in [0.3, 0.4) is 0 Å². The highest BCUT2D eigenvalue weighted by Crippen LogP contribution is 2.23. The first-order valence-corrected chi connectivity index (χ1v) is 6.36. The van der Waals surface area contributed by atoms with Crippen LogP contribution in [0.15, 0.2) is 34.8 Å². The third-order valence-corrected chi connectivity index (χ3v) is 3.22. The van der Waals surface area contributed by atoms with Crippen molar-refractivity contribution >= 4 is 28.0 Å². The summed E-state index contributed by atoms with van der Waals surface area (Å²) >= 11 is 3.38. The molecule has 1 rings (SSSR count). The number of carbonyl (C=O) groups is 1. The van der Waals surface area contributed by atoms with Crippen molar-refractivity contribution in [3.63, 3.8) is 0 Å². The zero-order valence-electron chi connectivity index (χ0n) is 10.1. The number of hydrogen-bond acceptors (Lipinski definition) is 1. The lowest BCUT2D eigenvalue weighted by atomic mass is 9.88. The summed E-state index contributed by atoms with van der Waals surface area (Å²) in [4.78, 5) is 10.9. The summed E-state index contributed by atoms with van der Waals surface area (Å²) in [7, 11) is 0. The van der Waals surface area contributed by atoms with Gasteiger partial charge in [-0.3, -0.25) is 4.79 Å². The fourth-order valence-electron chi connectivity index (χ4n) is 1.34. The highest BCUT2D eigenvalue weighted by molar-refractivity contribution is 9.10. The van der Waals surface area contributed by atoms with E-state index in [0.717, 1.165) is 16.5 Å². The number of aliphatic carboxylic acids is 1. The summed E-state index contributed by atoms with van der Waals surface area (Å²) in [6.45, 7) is 3.51. The molecule has 0 saturated carbocycles. The molecule has 1 aromatic carbocycles. The van der Waals surface area contributed by atoms with Crippen LogP contribution >= 0.6 is 15.9 Å². The summed E-state index contributed by atoms with van der Waals surface area (Å²) in [5.74, 6) is -0.741. The molecule has 17 heavy (non-hydrogen) atoms. The van der Waals surface area contributed by atoms with E-state index in [0.29, 0.717) is 6.42 Å². The zero-order valence-corrected chi connectivity index (χ0v) is 11.7. The average molecular weight is 297 g/mol. The van der Waals surface area contributed by atoms with Gasteiger partial charge in [0.25, 0.3) is 0 Å². The Morgan fingerprint density at radius 3 is 2.47 bits per heavy atom. The summed E-state index contributed by atoms with van der Waals surface area (Å²) in [5, 5.41) is 8.96. The van der Waals surface area contributed by atoms with Crippen molar-refractivity contribution in [3.05, 3.63) is 40.4 Å². The molecule has 0 bridgehead atoms. The van der Waals surface area contributed by atoms with E-state index in [1.165, 1.54) is 0 Å². The molecule has 0 radical (unpaired) electrons. The molecule has 0 aliphatic heterocycles. The van der Waals surface area contributed by atoms with E-state index < -0.39 is 11.4 Å². The summed E-state index contributed by atoms with van der Waals surface area (Å²) in [6.07, 6.45) is 5.46. The number of halogens is 1. The van der Waals surface area contributed by atoms with Crippen LogP contribution < -0.4 is 0 Å². The minimum atomic E-state index is -0.741. The average Bonchev–Trinajstić information content (AvgIpc) is 2.26. The van der Waals surface area contributed by atoms with E-state index >= 15 is 0 Å². The topological polar surface area (TPSA) is 37.3 Å². The van der Waals surface area contributed by atoms with Gasteiger partial charge in [0.05, 0.1) is 5.41 Å². The van der Waals surface area contributed by atoms with E-state index in [2.05, 4.69) is 15.9 Å². The van der Waals surface area contributed by atoms with Gasteiger partial charge in [0.1, 0.15) is 0 Å². The third-order valence-electron chi connectivity index (χ3n) is 2.70. The largest absolute Gasteiger partial charge is 0.481 e. The van der Waals surface area contributed by atoms with Crippen LogP contribution in [0.4, 0.5) is 0 Å². The fourth-order valence-corrected chi connectivity index (χ4v) is 1.61. The highest BCUT2D eigenvalue weighted by Gasteiger charge is 2.25. The molecular weight excluding hydrogens is 280 g/mol. The molecule has 0 amide bonds. The van der Waals surface area contributed by atoms with Gasteiger partial charge < -0.3 is 5.11 Å². The quantitative estimate of drug-likeness (QED) is 0.877. The molecule has 0 aliphatic carbocycles. The number of hydrogen-bond donors (Lipinski definition) is 1. The number of rotatable bonds is 5. The fraction of sp³-hybridized carbons (Fsp3) is 0.357. The van der Waals surface area contributed by atoms with Crippen LogP contribution in [0.25, 0.3) is 6.08 Å². The van der Waals surface area contributed by atoms with Crippen molar-refractivity contribution in [3.8, 4) is 0 Å². The minimum absolute atomic E-state index is 0.648. The van der Waals surface area contributed by atoms with Crippen molar-refractivity contribution in [2.75, 3.05) is 0 Å². The van der Waals surface area contributed by atoms with Gasteiger partial charge in [0, 0.05) is 4.47 Å². The number of allylic oxidation sites excluding steroid dienone is 1. The van der Waals surface area contributed by atoms with Crippen LogP contribution in [0, 0.1) is 5.41 Å². The monoisotopic (exact) mass is 296 g/mol. The van der Waals surface area contributed by atoms with Crippen LogP contribution in [0.5, 0.6) is 0 Å². The van der Waals surface area contributed by atoms with Gasteiger partial charge in [0.15, 0.2) is 0 Å². The van der Waals surface area contributed by atoms with Gasteiger partial charge in [0.2, 0.25) is 0 Å². The Hall–Kier alpha value is -1.09. The second kappa shape index (κ2) is 6.01. The molecule has 3 heteroatoms. The van der Waals surface area contributed by atoms with Crippen LogP contribution in [-0.2, 0) is 4.79 Å². The zero-order chi connectivity index (χ0) is 12.9. The molecule has 0 saturated heterocycles. The number of benzene rings is 1. The Morgan fingerprint density at radius 2 is 1.94 bits per heavy atom. The molecule has 0 aliphatic rings. The van der Waals surface area contributed by atoms with E-state index in [9.17, 15) is 4.79 Å². The molecule has 92 valence electrons. The maximum absolute atomic E-state index is 10.9. The van der Waals surface area contributed by atoms with Crippen LogP contribution in [0.1, 0.15) is 32.3 Å². The van der Waals surface area contributed by atoms with Gasteiger partial charge in [-0.05, 0) is 44.4 Å². The first kappa shape index (κ1) is 14.0. The Bertz CT molecular complexity index is 405. The predicted molar refractivity (Wildman–Crippen MR) is 73.8 cm³/mol. The summed E-state index contributed by atoms with van der Waals surface area (Å²) in [5.41, 5.74) is 0.477. The standard InChI is InChI=1S/C14H17BrO2/c1-14(2,13(16)17)10-4-3-5-11-6-8-12(15)9-7-11/h3,5-9H,4,10H2,1-2H3,(H,16,17)/b5-3+. The van der Waals surface area contributed by atoms with E-state index in [1.54, 1.807) is 13.8 Å². The normalized spacial score (nSPS) is 11.9. The second-order valence-corrected chi connectivity index (χ2v) is 5.60. The maximum atomic E-state index is 10.9. The molecule has 0 fully saturated rings. The van der Waals surface area contributed by atoms with Gasteiger partial charge in [-0.1, -0.05) is 40.2 Å². The van der Waals surface area contributed by atoms with Crippen molar-refractivity contribution in [1.29, 1.82) is 0 Å².